The summed E-state index contributed by atoms with van der Waals surface area (Å²) in [5, 5.41) is 2.88. The highest BCUT2D eigenvalue weighted by Crippen LogP contribution is 2.11. The van der Waals surface area contributed by atoms with Crippen LogP contribution in [0.5, 0.6) is 0 Å². The van der Waals surface area contributed by atoms with Crippen LogP contribution in [0.1, 0.15) is 18.3 Å². The molecule has 0 aliphatic rings. The summed E-state index contributed by atoms with van der Waals surface area (Å²) in [6.45, 7) is 4.26. The molecule has 0 aliphatic carbocycles. The van der Waals surface area contributed by atoms with Crippen LogP contribution in [0.2, 0.25) is 0 Å². The molecule has 0 radical (unpaired) electrons. The first kappa shape index (κ1) is 15.7. The molecule has 1 aromatic carbocycles. The Morgan fingerprint density at radius 2 is 2.09 bits per heavy atom. The average Bonchev–Trinajstić information content (AvgIpc) is 2.97. The molecular formula is C17H20N4O. The van der Waals surface area contributed by atoms with Crippen molar-refractivity contribution in [2.45, 2.75) is 20.4 Å². The van der Waals surface area contributed by atoms with Crippen molar-refractivity contribution < 1.29 is 4.79 Å². The number of amides is 1. The van der Waals surface area contributed by atoms with E-state index in [9.17, 15) is 4.79 Å². The lowest BCUT2D eigenvalue weighted by molar-refractivity contribution is -0.117. The lowest BCUT2D eigenvalue weighted by Crippen LogP contribution is -2.25. The van der Waals surface area contributed by atoms with Gasteiger partial charge in [-0.1, -0.05) is 18.2 Å². The van der Waals surface area contributed by atoms with E-state index in [0.717, 1.165) is 17.1 Å². The van der Waals surface area contributed by atoms with Gasteiger partial charge in [0.25, 0.3) is 5.91 Å². The monoisotopic (exact) mass is 296 g/mol. The highest BCUT2D eigenvalue weighted by atomic mass is 16.1. The standard InChI is InChI=1S/C17H20N4O/c1-4-15(12-18-3)17(22)20-11-14-5-7-16(8-6-14)21-10-9-19-13(21)2/h4-10,12H,11H2,1-3H3,(H,20,22)/b15-4+,18-12-. The topological polar surface area (TPSA) is 59.3 Å². The molecule has 1 aromatic heterocycles. The number of aryl methyl sites for hydroxylation is 1. The minimum atomic E-state index is -0.123. The lowest BCUT2D eigenvalue weighted by Gasteiger charge is -2.08. The van der Waals surface area contributed by atoms with Crippen LogP contribution < -0.4 is 5.32 Å². The maximum absolute atomic E-state index is 12.0. The number of benzene rings is 1. The third-order valence-corrected chi connectivity index (χ3v) is 3.33. The van der Waals surface area contributed by atoms with E-state index in [4.69, 9.17) is 0 Å². The van der Waals surface area contributed by atoms with Crippen molar-refractivity contribution in [3.8, 4) is 5.69 Å². The molecule has 22 heavy (non-hydrogen) atoms. The van der Waals surface area contributed by atoms with E-state index >= 15 is 0 Å². The van der Waals surface area contributed by atoms with E-state index in [1.807, 2.05) is 48.9 Å². The molecule has 114 valence electrons. The zero-order chi connectivity index (χ0) is 15.9. The third kappa shape index (κ3) is 3.69. The molecule has 2 aromatic rings. The maximum Gasteiger partial charge on any atom is 0.252 e. The largest absolute Gasteiger partial charge is 0.348 e. The second-order valence-corrected chi connectivity index (χ2v) is 4.82. The molecule has 0 spiro atoms. The maximum atomic E-state index is 12.0. The van der Waals surface area contributed by atoms with Crippen molar-refractivity contribution in [2.75, 3.05) is 7.05 Å². The van der Waals surface area contributed by atoms with Crippen LogP contribution in [0, 0.1) is 6.92 Å². The van der Waals surface area contributed by atoms with Gasteiger partial charge in [0.1, 0.15) is 5.82 Å². The molecule has 1 amide bonds. The smallest absolute Gasteiger partial charge is 0.252 e. The molecule has 5 nitrogen and oxygen atoms in total. The van der Waals surface area contributed by atoms with Crippen molar-refractivity contribution in [2.24, 2.45) is 4.99 Å². The van der Waals surface area contributed by atoms with E-state index in [2.05, 4.69) is 15.3 Å². The fraction of sp³-hybridized carbons (Fsp3) is 0.235. The molecule has 0 saturated carbocycles. The number of aromatic nitrogens is 2. The van der Waals surface area contributed by atoms with Gasteiger partial charge in [-0.3, -0.25) is 9.79 Å². The number of imidazole rings is 1. The number of hydrogen-bond donors (Lipinski definition) is 1. The summed E-state index contributed by atoms with van der Waals surface area (Å²) in [6.07, 6.45) is 7.00. The van der Waals surface area contributed by atoms with Crippen LogP contribution >= 0.6 is 0 Å². The molecule has 0 unspecified atom stereocenters. The van der Waals surface area contributed by atoms with Gasteiger partial charge in [-0.05, 0) is 31.5 Å². The number of nitrogens with zero attached hydrogens (tertiary/aromatic N) is 3. The summed E-state index contributed by atoms with van der Waals surface area (Å²) >= 11 is 0. The second-order valence-electron chi connectivity index (χ2n) is 4.82. The summed E-state index contributed by atoms with van der Waals surface area (Å²) in [6, 6.07) is 8.02. The number of hydrogen-bond acceptors (Lipinski definition) is 3. The molecule has 1 N–H and O–H groups in total. The predicted molar refractivity (Wildman–Crippen MR) is 88.3 cm³/mol. The normalized spacial score (nSPS) is 11.9. The number of nitrogens with one attached hydrogen (secondary N) is 1. The second kappa shape index (κ2) is 7.36. The first-order valence-electron chi connectivity index (χ1n) is 7.11. The Hall–Kier alpha value is -2.69. The quantitative estimate of drug-likeness (QED) is 0.680. The highest BCUT2D eigenvalue weighted by molar-refractivity contribution is 6.11. The first-order chi connectivity index (χ1) is 10.7. The number of carbonyl (C=O) groups is 1. The summed E-state index contributed by atoms with van der Waals surface area (Å²) in [7, 11) is 1.65. The predicted octanol–water partition coefficient (Wildman–Crippen LogP) is 2.44. The van der Waals surface area contributed by atoms with Crippen LogP contribution in [-0.4, -0.2) is 28.7 Å². The van der Waals surface area contributed by atoms with Gasteiger partial charge in [-0.25, -0.2) is 4.98 Å². The Bertz CT molecular complexity index is 696. The van der Waals surface area contributed by atoms with Crippen molar-refractivity contribution >= 4 is 12.1 Å². The average molecular weight is 296 g/mol. The fourth-order valence-electron chi connectivity index (χ4n) is 2.11. The molecule has 0 bridgehead atoms. The molecular weight excluding hydrogens is 276 g/mol. The van der Waals surface area contributed by atoms with Gasteiger partial charge in [0.2, 0.25) is 0 Å². The van der Waals surface area contributed by atoms with E-state index in [1.54, 1.807) is 25.5 Å². The van der Waals surface area contributed by atoms with Gasteiger partial charge in [-0.15, -0.1) is 0 Å². The van der Waals surface area contributed by atoms with Crippen LogP contribution in [0.4, 0.5) is 0 Å². The SMILES string of the molecule is C/C=C(\C=N/C)C(=O)NCc1ccc(-n2ccnc2C)cc1. The Morgan fingerprint density at radius 1 is 1.36 bits per heavy atom. The summed E-state index contributed by atoms with van der Waals surface area (Å²) in [4.78, 5) is 20.0. The third-order valence-electron chi connectivity index (χ3n) is 3.33. The lowest BCUT2D eigenvalue weighted by atomic mass is 10.2. The Balaban J connectivity index is 2.00. The van der Waals surface area contributed by atoms with Gasteiger partial charge in [-0.2, -0.15) is 0 Å². The van der Waals surface area contributed by atoms with Gasteiger partial charge < -0.3 is 9.88 Å². The Morgan fingerprint density at radius 3 is 2.64 bits per heavy atom. The molecule has 0 saturated heterocycles. The van der Waals surface area contributed by atoms with Gasteiger partial charge in [0.05, 0.1) is 5.57 Å². The van der Waals surface area contributed by atoms with Gasteiger partial charge in [0, 0.05) is 37.9 Å². The minimum absolute atomic E-state index is 0.123. The Kier molecular flexibility index (Phi) is 5.25. The number of rotatable bonds is 5. The number of carbonyl (C=O) groups excluding carboxylic acids is 1. The summed E-state index contributed by atoms with van der Waals surface area (Å²) < 4.78 is 2.01. The molecule has 1 heterocycles. The van der Waals surface area contributed by atoms with Crippen molar-refractivity contribution in [3.63, 3.8) is 0 Å². The van der Waals surface area contributed by atoms with Crippen LogP contribution in [-0.2, 0) is 11.3 Å². The number of aliphatic imine (C=N–C) groups is 1. The summed E-state index contributed by atoms with van der Waals surface area (Å²) in [5.41, 5.74) is 2.66. The van der Waals surface area contributed by atoms with Crippen molar-refractivity contribution in [1.29, 1.82) is 0 Å². The van der Waals surface area contributed by atoms with E-state index in [1.165, 1.54) is 0 Å². The minimum Gasteiger partial charge on any atom is -0.348 e. The van der Waals surface area contributed by atoms with E-state index in [0.29, 0.717) is 12.1 Å². The van der Waals surface area contributed by atoms with E-state index < -0.39 is 0 Å². The first-order valence-corrected chi connectivity index (χ1v) is 7.11. The fourth-order valence-corrected chi connectivity index (χ4v) is 2.11. The molecule has 0 fully saturated rings. The molecule has 2 rings (SSSR count). The van der Waals surface area contributed by atoms with Crippen LogP contribution in [0.3, 0.4) is 0 Å². The van der Waals surface area contributed by atoms with Gasteiger partial charge in [0.15, 0.2) is 0 Å². The van der Waals surface area contributed by atoms with Crippen molar-refractivity contribution in [1.82, 2.24) is 14.9 Å². The number of allylic oxidation sites excluding steroid dienone is 1. The zero-order valence-corrected chi connectivity index (χ0v) is 13.1. The molecule has 0 atom stereocenters. The van der Waals surface area contributed by atoms with Crippen LogP contribution in [0.15, 0.2) is 53.3 Å². The van der Waals surface area contributed by atoms with Crippen LogP contribution in [0.25, 0.3) is 5.69 Å². The Labute approximate surface area is 130 Å². The van der Waals surface area contributed by atoms with Crippen molar-refractivity contribution in [3.05, 3.63) is 59.7 Å². The van der Waals surface area contributed by atoms with Gasteiger partial charge >= 0.3 is 0 Å². The zero-order valence-electron chi connectivity index (χ0n) is 13.1. The molecule has 0 aliphatic heterocycles. The summed E-state index contributed by atoms with van der Waals surface area (Å²) in [5.74, 6) is 0.820. The van der Waals surface area contributed by atoms with E-state index in [-0.39, 0.29) is 5.91 Å². The molecule has 5 heteroatoms. The highest BCUT2D eigenvalue weighted by Gasteiger charge is 2.06.